The van der Waals surface area contributed by atoms with Crippen molar-refractivity contribution in [2.75, 3.05) is 38.0 Å². The molecule has 1 aliphatic rings. The summed E-state index contributed by atoms with van der Waals surface area (Å²) in [6.45, 7) is 8.24. The van der Waals surface area contributed by atoms with Gasteiger partial charge in [-0.05, 0) is 56.2 Å². The predicted molar refractivity (Wildman–Crippen MR) is 114 cm³/mol. The number of hydrogen-bond donors (Lipinski definition) is 1. The molecule has 0 saturated carbocycles. The highest BCUT2D eigenvalue weighted by atomic mass is 19.1. The average molecular weight is 413 g/mol. The second kappa shape index (κ2) is 9.71. The standard InChI is InChI=1S/C23H28FN3O3/c1-16-5-4-6-17(2)22(16)25-21(28)15-26-11-13-27(14-12-26)23(29)18(3)30-20-9-7-19(24)8-10-20/h4-10,18H,11-15H2,1-3H3,(H,25,28). The van der Waals surface area contributed by atoms with E-state index in [2.05, 4.69) is 5.32 Å². The van der Waals surface area contributed by atoms with Crippen LogP contribution >= 0.6 is 0 Å². The SMILES string of the molecule is Cc1cccc(C)c1NC(=O)CN1CCN(C(=O)C(C)Oc2ccc(F)cc2)CC1. The van der Waals surface area contributed by atoms with Gasteiger partial charge in [-0.15, -0.1) is 0 Å². The molecule has 6 nitrogen and oxygen atoms in total. The number of benzene rings is 2. The molecule has 0 spiro atoms. The van der Waals surface area contributed by atoms with Crippen LogP contribution in [0.3, 0.4) is 0 Å². The Morgan fingerprint density at radius 2 is 1.63 bits per heavy atom. The molecule has 3 rings (SSSR count). The van der Waals surface area contributed by atoms with Crippen molar-refractivity contribution in [2.24, 2.45) is 0 Å². The third-order valence-corrected chi connectivity index (χ3v) is 5.27. The van der Waals surface area contributed by atoms with E-state index in [1.807, 2.05) is 36.9 Å². The van der Waals surface area contributed by atoms with Crippen LogP contribution in [0, 0.1) is 19.7 Å². The Morgan fingerprint density at radius 3 is 2.23 bits per heavy atom. The van der Waals surface area contributed by atoms with Crippen molar-refractivity contribution in [3.63, 3.8) is 0 Å². The van der Waals surface area contributed by atoms with E-state index in [0.717, 1.165) is 16.8 Å². The van der Waals surface area contributed by atoms with Crippen LogP contribution in [0.5, 0.6) is 5.75 Å². The molecule has 1 saturated heterocycles. The van der Waals surface area contributed by atoms with Gasteiger partial charge >= 0.3 is 0 Å². The van der Waals surface area contributed by atoms with Crippen LogP contribution in [-0.2, 0) is 9.59 Å². The molecule has 0 aliphatic carbocycles. The number of anilines is 1. The number of carbonyl (C=O) groups excluding carboxylic acids is 2. The highest BCUT2D eigenvalue weighted by molar-refractivity contribution is 5.93. The summed E-state index contributed by atoms with van der Waals surface area (Å²) in [5, 5.41) is 3.00. The fraction of sp³-hybridized carbons (Fsp3) is 0.391. The number of para-hydroxylation sites is 1. The zero-order valence-electron chi connectivity index (χ0n) is 17.7. The zero-order chi connectivity index (χ0) is 21.7. The summed E-state index contributed by atoms with van der Waals surface area (Å²) in [5.74, 6) is -0.0581. The average Bonchev–Trinajstić information content (AvgIpc) is 2.72. The van der Waals surface area contributed by atoms with E-state index in [0.29, 0.717) is 31.9 Å². The monoisotopic (exact) mass is 413 g/mol. The van der Waals surface area contributed by atoms with Gasteiger partial charge in [0.1, 0.15) is 11.6 Å². The maximum absolute atomic E-state index is 13.0. The third kappa shape index (κ3) is 5.57. The van der Waals surface area contributed by atoms with Crippen LogP contribution in [0.15, 0.2) is 42.5 Å². The molecule has 2 aromatic rings. The first-order valence-corrected chi connectivity index (χ1v) is 10.1. The van der Waals surface area contributed by atoms with E-state index >= 15 is 0 Å². The van der Waals surface area contributed by atoms with E-state index < -0.39 is 6.10 Å². The van der Waals surface area contributed by atoms with Crippen LogP contribution in [0.4, 0.5) is 10.1 Å². The van der Waals surface area contributed by atoms with Gasteiger partial charge in [0.15, 0.2) is 6.10 Å². The van der Waals surface area contributed by atoms with Crippen molar-refractivity contribution >= 4 is 17.5 Å². The van der Waals surface area contributed by atoms with Crippen LogP contribution in [0.1, 0.15) is 18.1 Å². The Hall–Kier alpha value is -2.93. The van der Waals surface area contributed by atoms with Crippen molar-refractivity contribution in [3.05, 3.63) is 59.4 Å². The number of ether oxygens (including phenoxy) is 1. The summed E-state index contributed by atoms with van der Waals surface area (Å²) in [7, 11) is 0. The van der Waals surface area contributed by atoms with E-state index in [-0.39, 0.29) is 24.2 Å². The second-order valence-electron chi connectivity index (χ2n) is 7.63. The number of halogens is 1. The van der Waals surface area contributed by atoms with Gasteiger partial charge in [-0.25, -0.2) is 4.39 Å². The number of aryl methyl sites for hydroxylation is 2. The Balaban J connectivity index is 1.46. The maximum Gasteiger partial charge on any atom is 0.263 e. The lowest BCUT2D eigenvalue weighted by atomic mass is 10.1. The Bertz CT molecular complexity index is 873. The molecule has 0 bridgehead atoms. The summed E-state index contributed by atoms with van der Waals surface area (Å²) in [4.78, 5) is 28.9. The molecular weight excluding hydrogens is 385 g/mol. The minimum atomic E-state index is -0.658. The molecule has 1 atom stereocenters. The Morgan fingerprint density at radius 1 is 1.03 bits per heavy atom. The lowest BCUT2D eigenvalue weighted by Crippen LogP contribution is -2.53. The van der Waals surface area contributed by atoms with E-state index in [9.17, 15) is 14.0 Å². The number of carbonyl (C=O) groups is 2. The minimum Gasteiger partial charge on any atom is -0.481 e. The maximum atomic E-state index is 13.0. The highest BCUT2D eigenvalue weighted by Crippen LogP contribution is 2.19. The topological polar surface area (TPSA) is 61.9 Å². The Kier molecular flexibility index (Phi) is 7.05. The van der Waals surface area contributed by atoms with Crippen molar-refractivity contribution in [3.8, 4) is 5.75 Å². The number of nitrogens with zero attached hydrogens (tertiary/aromatic N) is 2. The molecule has 30 heavy (non-hydrogen) atoms. The molecule has 1 heterocycles. The van der Waals surface area contributed by atoms with Crippen LogP contribution < -0.4 is 10.1 Å². The third-order valence-electron chi connectivity index (χ3n) is 5.27. The molecule has 1 N–H and O–H groups in total. The van der Waals surface area contributed by atoms with Crippen LogP contribution in [0.25, 0.3) is 0 Å². The van der Waals surface area contributed by atoms with Gasteiger partial charge in [-0.2, -0.15) is 0 Å². The van der Waals surface area contributed by atoms with E-state index in [1.54, 1.807) is 11.8 Å². The summed E-state index contributed by atoms with van der Waals surface area (Å²) in [6.07, 6.45) is -0.658. The smallest absolute Gasteiger partial charge is 0.263 e. The summed E-state index contributed by atoms with van der Waals surface area (Å²) in [5.41, 5.74) is 2.94. The number of piperazine rings is 1. The predicted octanol–water partition coefficient (Wildman–Crippen LogP) is 2.99. The van der Waals surface area contributed by atoms with Gasteiger partial charge in [0.05, 0.1) is 6.54 Å². The minimum absolute atomic E-state index is 0.0554. The number of hydrogen-bond acceptors (Lipinski definition) is 4. The molecule has 1 aliphatic heterocycles. The van der Waals surface area contributed by atoms with Crippen LogP contribution in [0.2, 0.25) is 0 Å². The summed E-state index contributed by atoms with van der Waals surface area (Å²) in [6, 6.07) is 11.5. The van der Waals surface area contributed by atoms with Gasteiger partial charge in [0.25, 0.3) is 5.91 Å². The second-order valence-corrected chi connectivity index (χ2v) is 7.63. The first-order valence-electron chi connectivity index (χ1n) is 10.1. The van der Waals surface area contributed by atoms with Crippen LogP contribution in [-0.4, -0.2) is 60.4 Å². The number of nitrogens with one attached hydrogen (secondary N) is 1. The van der Waals surface area contributed by atoms with E-state index in [1.165, 1.54) is 24.3 Å². The molecule has 2 aromatic carbocycles. The van der Waals surface area contributed by atoms with Gasteiger partial charge in [-0.1, -0.05) is 18.2 Å². The zero-order valence-corrected chi connectivity index (χ0v) is 17.7. The first-order chi connectivity index (χ1) is 14.3. The van der Waals surface area contributed by atoms with Crippen molar-refractivity contribution in [1.82, 2.24) is 9.80 Å². The van der Waals surface area contributed by atoms with Gasteiger partial charge in [-0.3, -0.25) is 14.5 Å². The molecule has 0 radical (unpaired) electrons. The molecule has 1 unspecified atom stereocenters. The molecule has 7 heteroatoms. The largest absolute Gasteiger partial charge is 0.481 e. The van der Waals surface area contributed by atoms with E-state index in [4.69, 9.17) is 4.74 Å². The summed E-state index contributed by atoms with van der Waals surface area (Å²) < 4.78 is 18.6. The van der Waals surface area contributed by atoms with Crippen molar-refractivity contribution in [2.45, 2.75) is 26.9 Å². The van der Waals surface area contributed by atoms with Gasteiger partial charge in [0, 0.05) is 31.9 Å². The molecule has 1 fully saturated rings. The quantitative estimate of drug-likeness (QED) is 0.791. The fourth-order valence-electron chi connectivity index (χ4n) is 3.54. The lowest BCUT2D eigenvalue weighted by molar-refractivity contribution is -0.139. The van der Waals surface area contributed by atoms with Crippen molar-refractivity contribution in [1.29, 1.82) is 0 Å². The van der Waals surface area contributed by atoms with Gasteiger partial charge in [0.2, 0.25) is 5.91 Å². The molecular formula is C23H28FN3O3. The molecule has 0 aromatic heterocycles. The summed E-state index contributed by atoms with van der Waals surface area (Å²) >= 11 is 0. The van der Waals surface area contributed by atoms with Gasteiger partial charge < -0.3 is 15.0 Å². The highest BCUT2D eigenvalue weighted by Gasteiger charge is 2.27. The molecule has 160 valence electrons. The normalized spacial score (nSPS) is 15.5. The number of rotatable bonds is 6. The molecule has 2 amide bonds. The number of amides is 2. The van der Waals surface area contributed by atoms with Crippen molar-refractivity contribution < 1.29 is 18.7 Å². The fourth-order valence-corrected chi connectivity index (χ4v) is 3.54. The first kappa shape index (κ1) is 21.8. The Labute approximate surface area is 176 Å². The lowest BCUT2D eigenvalue weighted by Gasteiger charge is -2.35.